The Bertz CT molecular complexity index is 1380. The first-order valence-corrected chi connectivity index (χ1v) is 14.0. The van der Waals surface area contributed by atoms with E-state index in [1.54, 1.807) is 0 Å². The average Bonchev–Trinajstić information content (AvgIpc) is 3.39. The number of thiazole rings is 1. The third-order valence-electron chi connectivity index (χ3n) is 7.47. The number of rotatable bonds is 8. The molecule has 0 aromatic carbocycles. The molecule has 0 spiro atoms. The number of halogens is 8. The van der Waals surface area contributed by atoms with E-state index in [0.29, 0.717) is 30.0 Å². The van der Waals surface area contributed by atoms with Crippen molar-refractivity contribution in [2.75, 3.05) is 25.0 Å². The summed E-state index contributed by atoms with van der Waals surface area (Å²) in [6.45, 7) is 2.09. The maximum Gasteiger partial charge on any atom is 0.417 e. The lowest BCUT2D eigenvalue weighted by Crippen LogP contribution is -2.48. The number of aromatic nitrogens is 2. The van der Waals surface area contributed by atoms with Crippen molar-refractivity contribution < 1.29 is 49.8 Å². The third-order valence-corrected chi connectivity index (χ3v) is 8.56. The van der Waals surface area contributed by atoms with Gasteiger partial charge in [-0.25, -0.2) is 18.7 Å². The smallest absolute Gasteiger partial charge is 0.389 e. The van der Waals surface area contributed by atoms with E-state index in [4.69, 9.17) is 0 Å². The van der Waals surface area contributed by atoms with Gasteiger partial charge in [0.25, 0.3) is 17.7 Å². The fourth-order valence-corrected chi connectivity index (χ4v) is 5.93. The number of carbonyl (C=O) groups is 2. The van der Waals surface area contributed by atoms with Crippen LogP contribution in [-0.4, -0.2) is 75.2 Å². The minimum absolute atomic E-state index is 0.188. The molecule has 3 N–H and O–H groups in total. The second kappa shape index (κ2) is 11.1. The molecule has 8 nitrogen and oxygen atoms in total. The lowest BCUT2D eigenvalue weighted by Gasteiger charge is -2.43. The Morgan fingerprint density at radius 3 is 2.30 bits per heavy atom. The molecule has 238 valence electrons. The van der Waals surface area contributed by atoms with Gasteiger partial charge in [-0.3, -0.25) is 9.59 Å². The Morgan fingerprint density at radius 2 is 1.81 bits per heavy atom. The van der Waals surface area contributed by atoms with Gasteiger partial charge in [-0.2, -0.15) is 26.3 Å². The fraction of sp³-hybridized carbons (Fsp3) is 0.615. The molecule has 1 aliphatic heterocycles. The predicted molar refractivity (Wildman–Crippen MR) is 140 cm³/mol. The standard InChI is InChI=1S/C26H29F8N5O3S/c1-13-8-24(27,28)12-39(13)21(41)17-18(43-20(38-17)19(40)37-10-22(2,3)42)14-9-35-16(7-15(14)25(29,30)31)36-11-23(5-4-6-23)26(32,33)34/h7,9,13,42H,4-6,8,10-12H2,1-3H3,(H,35,36)(H,37,40)/t13-/m0/s1. The second-order valence-corrected chi connectivity index (χ2v) is 12.6. The number of hydrogen-bond donors (Lipinski definition) is 3. The normalized spacial score (nSPS) is 20.1. The van der Waals surface area contributed by atoms with Crippen molar-refractivity contribution in [2.24, 2.45) is 5.41 Å². The molecule has 2 aromatic rings. The lowest BCUT2D eigenvalue weighted by atomic mass is 9.68. The summed E-state index contributed by atoms with van der Waals surface area (Å²) in [6.07, 6.45) is -9.73. The number of nitrogens with zero attached hydrogens (tertiary/aromatic N) is 3. The number of carbonyl (C=O) groups excluding carboxylic acids is 2. The van der Waals surface area contributed by atoms with E-state index in [-0.39, 0.29) is 19.4 Å². The zero-order valence-electron chi connectivity index (χ0n) is 23.2. The van der Waals surface area contributed by atoms with Gasteiger partial charge in [0.05, 0.1) is 28.0 Å². The van der Waals surface area contributed by atoms with Crippen molar-refractivity contribution in [1.82, 2.24) is 20.2 Å². The van der Waals surface area contributed by atoms with Crippen molar-refractivity contribution in [2.45, 2.75) is 76.4 Å². The van der Waals surface area contributed by atoms with Crippen LogP contribution in [0, 0.1) is 5.41 Å². The van der Waals surface area contributed by atoms with Crippen LogP contribution in [0.25, 0.3) is 10.4 Å². The maximum atomic E-state index is 14.3. The van der Waals surface area contributed by atoms with Crippen molar-refractivity contribution in [3.63, 3.8) is 0 Å². The Morgan fingerprint density at radius 1 is 1.16 bits per heavy atom. The Labute approximate surface area is 244 Å². The Kier molecular flexibility index (Phi) is 8.49. The minimum atomic E-state index is -5.10. The van der Waals surface area contributed by atoms with Crippen LogP contribution in [0.3, 0.4) is 0 Å². The first-order valence-electron chi connectivity index (χ1n) is 13.2. The summed E-state index contributed by atoms with van der Waals surface area (Å²) in [7, 11) is 0. The summed E-state index contributed by atoms with van der Waals surface area (Å²) in [5.41, 5.74) is -6.26. The topological polar surface area (TPSA) is 107 Å². The summed E-state index contributed by atoms with van der Waals surface area (Å²) in [5, 5.41) is 14.1. The number of aliphatic hydroxyl groups is 1. The highest BCUT2D eigenvalue weighted by molar-refractivity contribution is 7.17. The zero-order valence-corrected chi connectivity index (χ0v) is 24.0. The predicted octanol–water partition coefficient (Wildman–Crippen LogP) is 5.74. The van der Waals surface area contributed by atoms with E-state index in [1.165, 1.54) is 20.8 Å². The van der Waals surface area contributed by atoms with Gasteiger partial charge in [-0.1, -0.05) is 6.42 Å². The summed E-state index contributed by atoms with van der Waals surface area (Å²) < 4.78 is 112. The first-order chi connectivity index (χ1) is 19.6. The van der Waals surface area contributed by atoms with Gasteiger partial charge in [0.15, 0.2) is 5.01 Å². The lowest BCUT2D eigenvalue weighted by molar-refractivity contribution is -0.244. The van der Waals surface area contributed by atoms with Gasteiger partial charge in [0.1, 0.15) is 11.5 Å². The zero-order chi connectivity index (χ0) is 32.2. The van der Waals surface area contributed by atoms with Crippen LogP contribution in [0.1, 0.15) is 72.3 Å². The molecule has 0 bridgehead atoms. The minimum Gasteiger partial charge on any atom is -0.389 e. The molecule has 2 aliphatic rings. The van der Waals surface area contributed by atoms with Gasteiger partial charge < -0.3 is 20.6 Å². The molecule has 1 aliphatic carbocycles. The highest BCUT2D eigenvalue weighted by Gasteiger charge is 2.58. The summed E-state index contributed by atoms with van der Waals surface area (Å²) in [5.74, 6) is -5.83. The number of hydrogen-bond acceptors (Lipinski definition) is 7. The molecular formula is C26H29F8N5O3S. The molecule has 2 amide bonds. The molecule has 43 heavy (non-hydrogen) atoms. The van der Waals surface area contributed by atoms with Crippen LogP contribution in [0.5, 0.6) is 0 Å². The van der Waals surface area contributed by atoms with Crippen LogP contribution in [0.2, 0.25) is 0 Å². The summed E-state index contributed by atoms with van der Waals surface area (Å²) in [6, 6.07) is -0.504. The number of nitrogens with one attached hydrogen (secondary N) is 2. The van der Waals surface area contributed by atoms with Crippen molar-refractivity contribution >= 4 is 29.0 Å². The quantitative estimate of drug-likeness (QED) is 0.317. The number of pyridine rings is 1. The Hall–Kier alpha value is -3.08. The maximum absolute atomic E-state index is 14.3. The van der Waals surface area contributed by atoms with Gasteiger partial charge in [0, 0.05) is 37.3 Å². The highest BCUT2D eigenvalue weighted by atomic mass is 32.1. The largest absolute Gasteiger partial charge is 0.417 e. The molecule has 2 fully saturated rings. The molecule has 1 atom stereocenters. The van der Waals surface area contributed by atoms with Crippen molar-refractivity contribution in [3.8, 4) is 10.4 Å². The monoisotopic (exact) mass is 643 g/mol. The van der Waals surface area contributed by atoms with Crippen LogP contribution < -0.4 is 10.6 Å². The SMILES string of the molecule is C[C@H]1CC(F)(F)CN1C(=O)c1nc(C(=O)NCC(C)(C)O)sc1-c1cnc(NCC2(C(F)(F)F)CCC2)cc1C(F)(F)F. The molecule has 0 radical (unpaired) electrons. The van der Waals surface area contributed by atoms with Crippen LogP contribution in [0.15, 0.2) is 12.3 Å². The first kappa shape index (κ1) is 32.8. The van der Waals surface area contributed by atoms with Gasteiger partial charge in [-0.05, 0) is 39.7 Å². The molecule has 17 heteroatoms. The average molecular weight is 644 g/mol. The molecule has 1 saturated carbocycles. The molecular weight excluding hydrogens is 614 g/mol. The Balaban J connectivity index is 1.76. The summed E-state index contributed by atoms with van der Waals surface area (Å²) >= 11 is 0.380. The molecule has 1 saturated heterocycles. The molecule has 3 heterocycles. The number of amides is 2. The van der Waals surface area contributed by atoms with Crippen LogP contribution in [0.4, 0.5) is 40.9 Å². The number of alkyl halides is 8. The van der Waals surface area contributed by atoms with E-state index in [2.05, 4.69) is 20.6 Å². The summed E-state index contributed by atoms with van der Waals surface area (Å²) in [4.78, 5) is 34.2. The van der Waals surface area contributed by atoms with E-state index in [1.807, 2.05) is 0 Å². The van der Waals surface area contributed by atoms with Gasteiger partial charge in [-0.15, -0.1) is 11.3 Å². The van der Waals surface area contributed by atoms with E-state index < -0.39 is 99.2 Å². The van der Waals surface area contributed by atoms with Gasteiger partial charge in [0.2, 0.25) is 0 Å². The van der Waals surface area contributed by atoms with E-state index in [0.717, 1.165) is 4.90 Å². The third kappa shape index (κ3) is 7.02. The van der Waals surface area contributed by atoms with Crippen molar-refractivity contribution in [1.29, 1.82) is 0 Å². The molecule has 2 aromatic heterocycles. The van der Waals surface area contributed by atoms with Gasteiger partial charge >= 0.3 is 12.4 Å². The molecule has 0 unspecified atom stereocenters. The van der Waals surface area contributed by atoms with E-state index >= 15 is 0 Å². The van der Waals surface area contributed by atoms with Crippen molar-refractivity contribution in [3.05, 3.63) is 28.5 Å². The van der Waals surface area contributed by atoms with Crippen LogP contribution >= 0.6 is 11.3 Å². The second-order valence-electron chi connectivity index (χ2n) is 11.6. The highest BCUT2D eigenvalue weighted by Crippen LogP contribution is 2.53. The van der Waals surface area contributed by atoms with E-state index in [9.17, 15) is 49.8 Å². The number of anilines is 1. The van der Waals surface area contributed by atoms with Crippen LogP contribution in [-0.2, 0) is 6.18 Å². The molecule has 4 rings (SSSR count). The number of likely N-dealkylation sites (tertiary alicyclic amines) is 1. The fourth-order valence-electron chi connectivity index (χ4n) is 4.93.